The quantitative estimate of drug-likeness (QED) is 0.810. The first-order valence-electron chi connectivity index (χ1n) is 7.17. The number of rotatable bonds is 4. The Morgan fingerprint density at radius 3 is 3.19 bits per heavy atom. The summed E-state index contributed by atoms with van der Waals surface area (Å²) in [7, 11) is 0. The van der Waals surface area contributed by atoms with Gasteiger partial charge in [-0.25, -0.2) is 9.78 Å². The van der Waals surface area contributed by atoms with Crippen LogP contribution >= 0.6 is 0 Å². The van der Waals surface area contributed by atoms with Crippen LogP contribution in [0.2, 0.25) is 0 Å². The smallest absolute Gasteiger partial charge is 0.374 e. The van der Waals surface area contributed by atoms with Crippen molar-refractivity contribution in [3.8, 4) is 0 Å². The standard InChI is InChI=1S/C16H18N2O3/c1-2-20-16(19)15-17-8-9-18(15)11-14-13-6-4-3-5-12(13)7-10-21-14/h3-6,8-9,14H,2,7,10-11H2,1H3. The number of carbonyl (C=O) groups excluding carboxylic acids is 1. The van der Waals surface area contributed by atoms with Gasteiger partial charge in [-0.1, -0.05) is 24.3 Å². The van der Waals surface area contributed by atoms with E-state index in [1.54, 1.807) is 23.9 Å². The van der Waals surface area contributed by atoms with Crippen LogP contribution in [0.25, 0.3) is 0 Å². The monoisotopic (exact) mass is 286 g/mol. The van der Waals surface area contributed by atoms with E-state index >= 15 is 0 Å². The Hall–Kier alpha value is -2.14. The molecule has 1 atom stereocenters. The van der Waals surface area contributed by atoms with Gasteiger partial charge in [0.1, 0.15) is 6.10 Å². The zero-order valence-corrected chi connectivity index (χ0v) is 12.0. The molecule has 1 unspecified atom stereocenters. The third-order valence-corrected chi connectivity index (χ3v) is 3.63. The van der Waals surface area contributed by atoms with E-state index in [1.807, 2.05) is 12.1 Å². The van der Waals surface area contributed by atoms with Gasteiger partial charge >= 0.3 is 5.97 Å². The van der Waals surface area contributed by atoms with Crippen LogP contribution in [0.15, 0.2) is 36.7 Å². The Balaban J connectivity index is 1.82. The highest BCUT2D eigenvalue weighted by atomic mass is 16.5. The van der Waals surface area contributed by atoms with Crippen LogP contribution in [-0.2, 0) is 22.4 Å². The van der Waals surface area contributed by atoms with Crippen LogP contribution in [0.5, 0.6) is 0 Å². The van der Waals surface area contributed by atoms with Crippen molar-refractivity contribution in [1.82, 2.24) is 9.55 Å². The molecule has 2 heterocycles. The molecule has 1 aromatic heterocycles. The SMILES string of the molecule is CCOC(=O)c1nccn1CC1OCCc2ccccc21. The minimum Gasteiger partial charge on any atom is -0.460 e. The topological polar surface area (TPSA) is 53.3 Å². The molecule has 0 fully saturated rings. The first-order chi connectivity index (χ1) is 10.3. The summed E-state index contributed by atoms with van der Waals surface area (Å²) in [6, 6.07) is 8.27. The lowest BCUT2D eigenvalue weighted by atomic mass is 9.97. The third kappa shape index (κ3) is 2.83. The van der Waals surface area contributed by atoms with Gasteiger partial charge in [0.05, 0.1) is 19.8 Å². The van der Waals surface area contributed by atoms with Crippen molar-refractivity contribution in [3.63, 3.8) is 0 Å². The average Bonchev–Trinajstić information content (AvgIpc) is 2.96. The number of aromatic nitrogens is 2. The van der Waals surface area contributed by atoms with Crippen LogP contribution in [0.4, 0.5) is 0 Å². The normalized spacial score (nSPS) is 17.3. The van der Waals surface area contributed by atoms with Gasteiger partial charge in [0.2, 0.25) is 5.82 Å². The second-order valence-corrected chi connectivity index (χ2v) is 4.93. The van der Waals surface area contributed by atoms with E-state index in [9.17, 15) is 4.79 Å². The number of fused-ring (bicyclic) bond motifs is 1. The van der Waals surface area contributed by atoms with E-state index in [1.165, 1.54) is 11.1 Å². The summed E-state index contributed by atoms with van der Waals surface area (Å²) in [4.78, 5) is 16.0. The molecule has 0 aliphatic carbocycles. The van der Waals surface area contributed by atoms with Crippen LogP contribution in [-0.4, -0.2) is 28.7 Å². The first kappa shape index (κ1) is 13.8. The molecular weight excluding hydrogens is 268 g/mol. The molecule has 0 radical (unpaired) electrons. The highest BCUT2D eigenvalue weighted by molar-refractivity contribution is 5.85. The molecule has 0 saturated heterocycles. The van der Waals surface area contributed by atoms with Crippen molar-refractivity contribution in [2.45, 2.75) is 26.0 Å². The Labute approximate surface area is 123 Å². The molecule has 2 aromatic rings. The predicted octanol–water partition coefficient (Wildman–Crippen LogP) is 2.37. The third-order valence-electron chi connectivity index (χ3n) is 3.63. The number of nitrogens with zero attached hydrogens (tertiary/aromatic N) is 2. The zero-order chi connectivity index (χ0) is 14.7. The molecule has 21 heavy (non-hydrogen) atoms. The molecule has 0 amide bonds. The molecule has 5 heteroatoms. The molecule has 1 aromatic carbocycles. The molecule has 0 saturated carbocycles. The fourth-order valence-electron chi connectivity index (χ4n) is 2.65. The lowest BCUT2D eigenvalue weighted by Crippen LogP contribution is -2.22. The maximum absolute atomic E-state index is 11.9. The maximum atomic E-state index is 11.9. The molecule has 0 N–H and O–H groups in total. The van der Waals surface area contributed by atoms with Crippen molar-refractivity contribution in [2.24, 2.45) is 0 Å². The van der Waals surface area contributed by atoms with Crippen molar-refractivity contribution >= 4 is 5.97 Å². The number of esters is 1. The molecular formula is C16H18N2O3. The van der Waals surface area contributed by atoms with Gasteiger partial charge in [0, 0.05) is 12.4 Å². The van der Waals surface area contributed by atoms with Crippen LogP contribution in [0, 0.1) is 0 Å². The molecule has 1 aliphatic heterocycles. The van der Waals surface area contributed by atoms with Gasteiger partial charge in [0.25, 0.3) is 0 Å². The number of ether oxygens (including phenoxy) is 2. The minimum atomic E-state index is -0.397. The minimum absolute atomic E-state index is 0.0580. The number of benzene rings is 1. The lowest BCUT2D eigenvalue weighted by Gasteiger charge is -2.26. The molecule has 3 rings (SSSR count). The summed E-state index contributed by atoms with van der Waals surface area (Å²) >= 11 is 0. The van der Waals surface area contributed by atoms with Gasteiger partial charge in [-0.3, -0.25) is 0 Å². The largest absolute Gasteiger partial charge is 0.460 e. The summed E-state index contributed by atoms with van der Waals surface area (Å²) < 4.78 is 12.7. The predicted molar refractivity (Wildman–Crippen MR) is 77.0 cm³/mol. The number of hydrogen-bond donors (Lipinski definition) is 0. The Bertz CT molecular complexity index is 636. The van der Waals surface area contributed by atoms with E-state index in [0.29, 0.717) is 25.6 Å². The average molecular weight is 286 g/mol. The molecule has 5 nitrogen and oxygen atoms in total. The highest BCUT2D eigenvalue weighted by Gasteiger charge is 2.23. The molecule has 0 bridgehead atoms. The fraction of sp³-hybridized carbons (Fsp3) is 0.375. The van der Waals surface area contributed by atoms with E-state index in [-0.39, 0.29) is 6.10 Å². The van der Waals surface area contributed by atoms with Crippen LogP contribution in [0.3, 0.4) is 0 Å². The van der Waals surface area contributed by atoms with Gasteiger partial charge in [-0.2, -0.15) is 0 Å². The Kier molecular flexibility index (Phi) is 4.01. The van der Waals surface area contributed by atoms with Gasteiger partial charge in [0.15, 0.2) is 0 Å². The summed E-state index contributed by atoms with van der Waals surface area (Å²) in [5.74, 6) is -0.0740. The van der Waals surface area contributed by atoms with E-state index in [4.69, 9.17) is 9.47 Å². The first-order valence-corrected chi connectivity index (χ1v) is 7.17. The zero-order valence-electron chi connectivity index (χ0n) is 12.0. The lowest BCUT2D eigenvalue weighted by molar-refractivity contribution is 0.0284. The van der Waals surface area contributed by atoms with Crippen molar-refractivity contribution in [2.75, 3.05) is 13.2 Å². The molecule has 0 spiro atoms. The molecule has 110 valence electrons. The summed E-state index contributed by atoms with van der Waals surface area (Å²) in [5.41, 5.74) is 2.50. The molecule has 1 aliphatic rings. The number of carbonyl (C=O) groups is 1. The van der Waals surface area contributed by atoms with E-state index in [2.05, 4.69) is 17.1 Å². The van der Waals surface area contributed by atoms with E-state index in [0.717, 1.165) is 6.42 Å². The fourth-order valence-corrected chi connectivity index (χ4v) is 2.65. The van der Waals surface area contributed by atoms with Crippen molar-refractivity contribution in [3.05, 3.63) is 53.6 Å². The van der Waals surface area contributed by atoms with Gasteiger partial charge < -0.3 is 14.0 Å². The van der Waals surface area contributed by atoms with Crippen molar-refractivity contribution < 1.29 is 14.3 Å². The highest BCUT2D eigenvalue weighted by Crippen LogP contribution is 2.28. The van der Waals surface area contributed by atoms with Gasteiger partial charge in [-0.15, -0.1) is 0 Å². The Morgan fingerprint density at radius 1 is 1.48 bits per heavy atom. The van der Waals surface area contributed by atoms with E-state index < -0.39 is 5.97 Å². The summed E-state index contributed by atoms with van der Waals surface area (Å²) in [6.07, 6.45) is 4.27. The Morgan fingerprint density at radius 2 is 2.33 bits per heavy atom. The van der Waals surface area contributed by atoms with Crippen LogP contribution < -0.4 is 0 Å². The van der Waals surface area contributed by atoms with Crippen LogP contribution in [0.1, 0.15) is 34.8 Å². The summed E-state index contributed by atoms with van der Waals surface area (Å²) in [5, 5.41) is 0. The maximum Gasteiger partial charge on any atom is 0.374 e. The van der Waals surface area contributed by atoms with Crippen molar-refractivity contribution in [1.29, 1.82) is 0 Å². The second-order valence-electron chi connectivity index (χ2n) is 4.93. The summed E-state index contributed by atoms with van der Waals surface area (Å²) in [6.45, 7) is 3.39. The van der Waals surface area contributed by atoms with Gasteiger partial charge in [-0.05, 0) is 24.5 Å². The number of imidazole rings is 1. The second kappa shape index (κ2) is 6.10. The number of hydrogen-bond acceptors (Lipinski definition) is 4.